The van der Waals surface area contributed by atoms with Crippen LogP contribution >= 0.6 is 0 Å². The molecule has 7 nitrogen and oxygen atoms in total. The Balaban J connectivity index is 1.76. The molecule has 0 spiro atoms. The number of aryl methyl sites for hydroxylation is 2. The number of carbonyl (C=O) groups excluding carboxylic acids is 1. The summed E-state index contributed by atoms with van der Waals surface area (Å²) in [6.45, 7) is 7.20. The summed E-state index contributed by atoms with van der Waals surface area (Å²) in [4.78, 5) is 12.6. The Labute approximate surface area is 171 Å². The van der Waals surface area contributed by atoms with E-state index < -0.39 is 15.9 Å². The van der Waals surface area contributed by atoms with Crippen LogP contribution in [0.4, 0.5) is 0 Å². The van der Waals surface area contributed by atoms with E-state index in [4.69, 9.17) is 4.74 Å². The van der Waals surface area contributed by atoms with Gasteiger partial charge in [0.15, 0.2) is 0 Å². The van der Waals surface area contributed by atoms with Gasteiger partial charge in [0, 0.05) is 18.7 Å². The largest absolute Gasteiger partial charge is 0.379 e. The van der Waals surface area contributed by atoms with Crippen LogP contribution < -0.4 is 5.43 Å². The molecule has 1 fully saturated rings. The Morgan fingerprint density at radius 2 is 1.76 bits per heavy atom. The molecule has 2 aromatic carbocycles. The second-order valence-electron chi connectivity index (χ2n) is 6.98. The lowest BCUT2D eigenvalue weighted by Crippen LogP contribution is -2.40. The van der Waals surface area contributed by atoms with E-state index in [9.17, 15) is 13.2 Å². The van der Waals surface area contributed by atoms with Crippen molar-refractivity contribution >= 4 is 21.6 Å². The van der Waals surface area contributed by atoms with Gasteiger partial charge in [-0.1, -0.05) is 18.2 Å². The van der Waals surface area contributed by atoms with Crippen LogP contribution in [0.25, 0.3) is 0 Å². The van der Waals surface area contributed by atoms with Gasteiger partial charge in [-0.05, 0) is 61.7 Å². The minimum absolute atomic E-state index is 0.0851. The Morgan fingerprint density at radius 1 is 1.03 bits per heavy atom. The summed E-state index contributed by atoms with van der Waals surface area (Å²) in [5.74, 6) is -0.466. The number of rotatable bonds is 5. The number of amides is 1. The standard InChI is InChI=1S/C21H25N3O4S/c1-15-7-8-18(13-16(15)2)17(3)22-23-21(25)19-5-4-6-20(14-19)29(26,27)24-9-11-28-12-10-24/h4-8,13-14H,9-12H2,1-3H3,(H,23,25)/b22-17+. The molecule has 1 aliphatic rings. The fraction of sp³-hybridized carbons (Fsp3) is 0.333. The minimum atomic E-state index is -3.66. The topological polar surface area (TPSA) is 88.1 Å². The van der Waals surface area contributed by atoms with Crippen molar-refractivity contribution in [2.24, 2.45) is 5.10 Å². The Hall–Kier alpha value is -2.55. The van der Waals surface area contributed by atoms with Gasteiger partial charge in [0.25, 0.3) is 5.91 Å². The molecule has 1 amide bonds. The number of carbonyl (C=O) groups is 1. The smallest absolute Gasteiger partial charge is 0.271 e. The minimum Gasteiger partial charge on any atom is -0.379 e. The third-order valence-electron chi connectivity index (χ3n) is 4.95. The molecule has 1 heterocycles. The van der Waals surface area contributed by atoms with Crippen LogP contribution in [0.15, 0.2) is 52.5 Å². The number of ether oxygens (including phenoxy) is 1. The number of sulfonamides is 1. The summed E-state index contributed by atoms with van der Waals surface area (Å²) in [5.41, 5.74) is 6.65. The second-order valence-corrected chi connectivity index (χ2v) is 8.92. The maximum Gasteiger partial charge on any atom is 0.271 e. The van der Waals surface area contributed by atoms with Gasteiger partial charge in [-0.15, -0.1) is 0 Å². The number of hydrazone groups is 1. The first-order chi connectivity index (χ1) is 13.8. The van der Waals surface area contributed by atoms with Gasteiger partial charge in [-0.25, -0.2) is 13.8 Å². The molecule has 0 aromatic heterocycles. The van der Waals surface area contributed by atoms with Crippen molar-refractivity contribution in [3.63, 3.8) is 0 Å². The molecular weight excluding hydrogens is 390 g/mol. The lowest BCUT2D eigenvalue weighted by atomic mass is 10.0. The molecule has 0 saturated carbocycles. The molecular formula is C21H25N3O4S. The molecule has 8 heteroatoms. The fourth-order valence-corrected chi connectivity index (χ4v) is 4.42. The number of hydrogen-bond acceptors (Lipinski definition) is 5. The fourth-order valence-electron chi connectivity index (χ4n) is 2.96. The highest BCUT2D eigenvalue weighted by Crippen LogP contribution is 2.18. The van der Waals surface area contributed by atoms with E-state index in [-0.39, 0.29) is 10.5 Å². The van der Waals surface area contributed by atoms with Crippen LogP contribution in [0.1, 0.15) is 34.0 Å². The lowest BCUT2D eigenvalue weighted by Gasteiger charge is -2.26. The first-order valence-corrected chi connectivity index (χ1v) is 10.8. The van der Waals surface area contributed by atoms with Crippen LogP contribution in [0.2, 0.25) is 0 Å². The highest BCUT2D eigenvalue weighted by atomic mass is 32.2. The molecule has 0 aliphatic carbocycles. The van der Waals surface area contributed by atoms with Crippen molar-refractivity contribution in [2.45, 2.75) is 25.7 Å². The van der Waals surface area contributed by atoms with Gasteiger partial charge in [0.1, 0.15) is 0 Å². The Bertz CT molecular complexity index is 1040. The number of hydrogen-bond donors (Lipinski definition) is 1. The van der Waals surface area contributed by atoms with Crippen LogP contribution in [0.3, 0.4) is 0 Å². The molecule has 29 heavy (non-hydrogen) atoms. The van der Waals surface area contributed by atoms with Crippen LogP contribution in [-0.2, 0) is 14.8 Å². The average Bonchev–Trinajstić information content (AvgIpc) is 2.74. The van der Waals surface area contributed by atoms with Gasteiger partial charge in [-0.3, -0.25) is 4.79 Å². The third-order valence-corrected chi connectivity index (χ3v) is 6.85. The Kier molecular flexibility index (Phi) is 6.46. The van der Waals surface area contributed by atoms with Gasteiger partial charge in [-0.2, -0.15) is 9.41 Å². The molecule has 1 aliphatic heterocycles. The summed E-state index contributed by atoms with van der Waals surface area (Å²) >= 11 is 0. The van der Waals surface area contributed by atoms with E-state index in [1.165, 1.54) is 22.0 Å². The highest BCUT2D eigenvalue weighted by Gasteiger charge is 2.26. The predicted octanol–water partition coefficient (Wildman–Crippen LogP) is 2.48. The van der Waals surface area contributed by atoms with E-state index >= 15 is 0 Å². The van der Waals surface area contributed by atoms with Crippen molar-refractivity contribution in [2.75, 3.05) is 26.3 Å². The second kappa shape index (κ2) is 8.86. The summed E-state index contributed by atoms with van der Waals surface area (Å²) in [7, 11) is -3.66. The maximum atomic E-state index is 12.8. The third kappa shape index (κ3) is 4.90. The molecule has 2 aromatic rings. The van der Waals surface area contributed by atoms with E-state index in [2.05, 4.69) is 10.5 Å². The monoisotopic (exact) mass is 415 g/mol. The summed E-state index contributed by atoms with van der Waals surface area (Å²) in [5, 5.41) is 4.16. The zero-order valence-electron chi connectivity index (χ0n) is 16.8. The van der Waals surface area contributed by atoms with Gasteiger partial charge in [0.05, 0.1) is 23.8 Å². The van der Waals surface area contributed by atoms with E-state index in [1.54, 1.807) is 12.1 Å². The van der Waals surface area contributed by atoms with Gasteiger partial charge >= 0.3 is 0 Å². The molecule has 0 bridgehead atoms. The number of benzene rings is 2. The molecule has 0 radical (unpaired) electrons. The van der Waals surface area contributed by atoms with Crippen LogP contribution in [0.5, 0.6) is 0 Å². The molecule has 1 saturated heterocycles. The van der Waals surface area contributed by atoms with Crippen molar-refractivity contribution in [1.29, 1.82) is 0 Å². The molecule has 154 valence electrons. The average molecular weight is 416 g/mol. The first kappa shape index (κ1) is 21.2. The quantitative estimate of drug-likeness (QED) is 0.600. The van der Waals surface area contributed by atoms with Crippen LogP contribution in [-0.4, -0.2) is 50.6 Å². The van der Waals surface area contributed by atoms with Gasteiger partial charge in [0.2, 0.25) is 10.0 Å². The zero-order valence-corrected chi connectivity index (χ0v) is 17.6. The normalized spacial score (nSPS) is 15.9. The lowest BCUT2D eigenvalue weighted by molar-refractivity contribution is 0.0730. The van der Waals surface area contributed by atoms with Crippen molar-refractivity contribution in [3.8, 4) is 0 Å². The van der Waals surface area contributed by atoms with Crippen molar-refractivity contribution < 1.29 is 17.9 Å². The number of morpholine rings is 1. The first-order valence-electron chi connectivity index (χ1n) is 9.39. The molecule has 3 rings (SSSR count). The zero-order chi connectivity index (χ0) is 21.0. The van der Waals surface area contributed by atoms with Crippen molar-refractivity contribution in [1.82, 2.24) is 9.73 Å². The summed E-state index contributed by atoms with van der Waals surface area (Å²) < 4.78 is 32.2. The van der Waals surface area contributed by atoms with Crippen molar-refractivity contribution in [3.05, 3.63) is 64.7 Å². The Morgan fingerprint density at radius 3 is 2.45 bits per heavy atom. The predicted molar refractivity (Wildman–Crippen MR) is 112 cm³/mol. The van der Waals surface area contributed by atoms with Crippen LogP contribution in [0, 0.1) is 13.8 Å². The molecule has 1 N–H and O–H groups in total. The molecule has 0 unspecified atom stereocenters. The summed E-state index contributed by atoms with van der Waals surface area (Å²) in [6, 6.07) is 12.0. The van der Waals surface area contributed by atoms with E-state index in [1.807, 2.05) is 39.0 Å². The number of nitrogens with zero attached hydrogens (tertiary/aromatic N) is 2. The van der Waals surface area contributed by atoms with E-state index in [0.717, 1.165) is 11.1 Å². The number of nitrogens with one attached hydrogen (secondary N) is 1. The highest BCUT2D eigenvalue weighted by molar-refractivity contribution is 7.89. The summed E-state index contributed by atoms with van der Waals surface area (Å²) in [6.07, 6.45) is 0. The SMILES string of the molecule is C/C(=N\NC(=O)c1cccc(S(=O)(=O)N2CCOCC2)c1)c1ccc(C)c(C)c1. The van der Waals surface area contributed by atoms with Gasteiger partial charge < -0.3 is 4.74 Å². The molecule has 0 atom stereocenters. The van der Waals surface area contributed by atoms with E-state index in [0.29, 0.717) is 32.0 Å². The maximum absolute atomic E-state index is 12.8.